The number of nitro benzene ring substituents is 1. The summed E-state index contributed by atoms with van der Waals surface area (Å²) in [5, 5.41) is 25.6. The van der Waals surface area contributed by atoms with Crippen LogP contribution in [0.4, 0.5) is 17.2 Å². The van der Waals surface area contributed by atoms with Gasteiger partial charge >= 0.3 is 5.97 Å². The van der Waals surface area contributed by atoms with Crippen molar-refractivity contribution in [3.63, 3.8) is 0 Å². The molecule has 3 rings (SSSR count). The summed E-state index contributed by atoms with van der Waals surface area (Å²) in [4.78, 5) is 36.5. The van der Waals surface area contributed by atoms with Crippen LogP contribution >= 0.6 is 0 Å². The van der Waals surface area contributed by atoms with Crippen LogP contribution in [0.25, 0.3) is 0 Å². The molecule has 0 bridgehead atoms. The van der Waals surface area contributed by atoms with Crippen LogP contribution in [0.3, 0.4) is 0 Å². The van der Waals surface area contributed by atoms with Gasteiger partial charge in [-0.15, -0.1) is 0 Å². The third-order valence-electron chi connectivity index (χ3n) is 3.76. The molecule has 1 aromatic heterocycles. The van der Waals surface area contributed by atoms with Gasteiger partial charge in [0, 0.05) is 12.1 Å². The maximum atomic E-state index is 12.2. The van der Waals surface area contributed by atoms with Crippen LogP contribution in [0.1, 0.15) is 15.9 Å². The molecule has 2 aromatic carbocycles. The minimum Gasteiger partial charge on any atom is -0.423 e. The first-order valence-electron chi connectivity index (χ1n) is 8.39. The smallest absolute Gasteiger partial charge is 0.350 e. The van der Waals surface area contributed by atoms with Gasteiger partial charge in [-0.3, -0.25) is 25.7 Å². The molecule has 0 atom stereocenters. The van der Waals surface area contributed by atoms with E-state index in [9.17, 15) is 25.0 Å². The van der Waals surface area contributed by atoms with Crippen molar-refractivity contribution in [3.8, 4) is 5.75 Å². The van der Waals surface area contributed by atoms with E-state index < -0.39 is 15.8 Å². The first-order chi connectivity index (χ1) is 14.4. The molecule has 11 heteroatoms. The van der Waals surface area contributed by atoms with E-state index >= 15 is 0 Å². The fourth-order valence-electron chi connectivity index (χ4n) is 2.32. The number of benzene rings is 2. The molecule has 0 spiro atoms. The van der Waals surface area contributed by atoms with Gasteiger partial charge in [0.1, 0.15) is 23.3 Å². The van der Waals surface area contributed by atoms with Gasteiger partial charge < -0.3 is 4.74 Å². The van der Waals surface area contributed by atoms with Crippen molar-refractivity contribution in [2.75, 3.05) is 5.43 Å². The summed E-state index contributed by atoms with van der Waals surface area (Å²) in [5.41, 5.74) is 2.68. The Bertz CT molecular complexity index is 1110. The molecule has 0 aliphatic rings. The number of pyridine rings is 1. The number of carbonyl (C=O) groups excluding carboxylic acids is 1. The number of para-hydroxylation sites is 1. The second-order valence-electron chi connectivity index (χ2n) is 5.76. The predicted molar refractivity (Wildman–Crippen MR) is 107 cm³/mol. The topological polar surface area (TPSA) is 150 Å². The zero-order valence-corrected chi connectivity index (χ0v) is 15.2. The average molecular weight is 407 g/mol. The van der Waals surface area contributed by atoms with Gasteiger partial charge in [-0.2, -0.15) is 5.10 Å². The molecule has 3 aromatic rings. The summed E-state index contributed by atoms with van der Waals surface area (Å²) in [6.07, 6.45) is 2.58. The quantitative estimate of drug-likeness (QED) is 0.205. The maximum absolute atomic E-state index is 12.2. The first-order valence-corrected chi connectivity index (χ1v) is 8.39. The monoisotopic (exact) mass is 407 g/mol. The molecule has 0 unspecified atom stereocenters. The Labute approximate surface area is 168 Å². The van der Waals surface area contributed by atoms with Crippen LogP contribution in [-0.2, 0) is 0 Å². The van der Waals surface area contributed by atoms with E-state index in [1.807, 2.05) is 0 Å². The lowest BCUT2D eigenvalue weighted by atomic mass is 10.2. The molecular weight excluding hydrogens is 394 g/mol. The second kappa shape index (κ2) is 9.01. The van der Waals surface area contributed by atoms with E-state index in [1.165, 1.54) is 54.7 Å². The van der Waals surface area contributed by atoms with Crippen molar-refractivity contribution in [2.45, 2.75) is 0 Å². The second-order valence-corrected chi connectivity index (χ2v) is 5.76. The number of hydrogen-bond donors (Lipinski definition) is 1. The maximum Gasteiger partial charge on any atom is 0.350 e. The number of hydrazone groups is 1. The Morgan fingerprint density at radius 3 is 2.37 bits per heavy atom. The molecule has 1 heterocycles. The Kier molecular flexibility index (Phi) is 6.03. The van der Waals surface area contributed by atoms with E-state index in [2.05, 4.69) is 15.5 Å². The molecule has 0 saturated heterocycles. The molecule has 0 fully saturated rings. The lowest BCUT2D eigenvalue weighted by Crippen LogP contribution is -2.11. The third kappa shape index (κ3) is 4.98. The van der Waals surface area contributed by atoms with Crippen LogP contribution in [0.15, 0.2) is 72.0 Å². The van der Waals surface area contributed by atoms with E-state index in [4.69, 9.17) is 4.74 Å². The van der Waals surface area contributed by atoms with E-state index in [1.54, 1.807) is 12.1 Å². The normalized spacial score (nSPS) is 10.5. The summed E-state index contributed by atoms with van der Waals surface area (Å²) >= 11 is 0. The number of carbonyl (C=O) groups is 1. The van der Waals surface area contributed by atoms with Crippen molar-refractivity contribution < 1.29 is 19.4 Å². The largest absolute Gasteiger partial charge is 0.423 e. The molecule has 0 aliphatic heterocycles. The predicted octanol–water partition coefficient (Wildman–Crippen LogP) is 3.56. The summed E-state index contributed by atoms with van der Waals surface area (Å²) in [6, 6.07) is 14.5. The number of nitrogens with zero attached hydrogens (tertiary/aromatic N) is 4. The minimum atomic E-state index is -0.838. The van der Waals surface area contributed by atoms with Gasteiger partial charge in [-0.05, 0) is 42.0 Å². The molecule has 11 nitrogen and oxygen atoms in total. The lowest BCUT2D eigenvalue weighted by molar-refractivity contribution is -0.385. The Morgan fingerprint density at radius 1 is 1.00 bits per heavy atom. The van der Waals surface area contributed by atoms with E-state index in [0.29, 0.717) is 11.4 Å². The molecule has 1 N–H and O–H groups in total. The summed E-state index contributed by atoms with van der Waals surface area (Å²) in [6.45, 7) is 0. The number of nitro groups is 2. The van der Waals surface area contributed by atoms with Crippen molar-refractivity contribution >= 4 is 29.4 Å². The standard InChI is InChI=1S/C19H13N5O6/c25-19(16-3-1-2-4-17(16)24(28)29)30-15-8-5-13(6-9-15)11-21-22-18-10-7-14(12-20-18)23(26)27/h1-12H,(H,20,22). The first kappa shape index (κ1) is 20.1. The van der Waals surface area contributed by atoms with Crippen LogP contribution in [0, 0.1) is 20.2 Å². The zero-order chi connectivity index (χ0) is 21.5. The van der Waals surface area contributed by atoms with E-state index in [-0.39, 0.29) is 22.7 Å². The average Bonchev–Trinajstić information content (AvgIpc) is 2.75. The number of ether oxygens (including phenoxy) is 1. The van der Waals surface area contributed by atoms with Crippen molar-refractivity contribution in [1.82, 2.24) is 4.98 Å². The number of aromatic nitrogens is 1. The molecule has 0 amide bonds. The van der Waals surface area contributed by atoms with Gasteiger partial charge in [-0.1, -0.05) is 12.1 Å². The molecule has 30 heavy (non-hydrogen) atoms. The Morgan fingerprint density at radius 2 is 1.73 bits per heavy atom. The van der Waals surface area contributed by atoms with Crippen molar-refractivity contribution in [1.29, 1.82) is 0 Å². The summed E-state index contributed by atoms with van der Waals surface area (Å²) in [7, 11) is 0. The number of esters is 1. The molecule has 0 aliphatic carbocycles. The van der Waals surface area contributed by atoms with Crippen LogP contribution in [-0.4, -0.2) is 27.0 Å². The lowest BCUT2D eigenvalue weighted by Gasteiger charge is -2.05. The van der Waals surface area contributed by atoms with Crippen LogP contribution in [0.5, 0.6) is 5.75 Å². The number of rotatable bonds is 7. The number of hydrogen-bond acceptors (Lipinski definition) is 9. The number of nitrogens with one attached hydrogen (secondary N) is 1. The fourth-order valence-corrected chi connectivity index (χ4v) is 2.32. The summed E-state index contributed by atoms with van der Waals surface area (Å²) < 4.78 is 5.18. The highest BCUT2D eigenvalue weighted by Crippen LogP contribution is 2.20. The molecule has 0 radical (unpaired) electrons. The van der Waals surface area contributed by atoms with E-state index in [0.717, 1.165) is 6.20 Å². The molecule has 150 valence electrons. The fraction of sp³-hybridized carbons (Fsp3) is 0. The SMILES string of the molecule is O=C(Oc1ccc(C=NNc2ccc([N+](=O)[O-])cn2)cc1)c1ccccc1[N+](=O)[O-]. The minimum absolute atomic E-state index is 0.129. The van der Waals surface area contributed by atoms with Gasteiger partial charge in [-0.25, -0.2) is 9.78 Å². The number of anilines is 1. The van der Waals surface area contributed by atoms with Gasteiger partial charge in [0.2, 0.25) is 0 Å². The highest BCUT2D eigenvalue weighted by Gasteiger charge is 2.20. The molecule has 0 saturated carbocycles. The van der Waals surface area contributed by atoms with Gasteiger partial charge in [0.05, 0.1) is 16.1 Å². The zero-order valence-electron chi connectivity index (χ0n) is 15.2. The van der Waals surface area contributed by atoms with Crippen LogP contribution in [0.2, 0.25) is 0 Å². The third-order valence-corrected chi connectivity index (χ3v) is 3.76. The molecular formula is C19H13N5O6. The van der Waals surface area contributed by atoms with Crippen LogP contribution < -0.4 is 10.2 Å². The van der Waals surface area contributed by atoms with Gasteiger partial charge in [0.15, 0.2) is 0 Å². The highest BCUT2D eigenvalue weighted by atomic mass is 16.6. The Balaban J connectivity index is 1.61. The van der Waals surface area contributed by atoms with Crippen molar-refractivity contribution in [2.24, 2.45) is 5.10 Å². The van der Waals surface area contributed by atoms with Crippen molar-refractivity contribution in [3.05, 3.63) is 98.2 Å². The summed E-state index contributed by atoms with van der Waals surface area (Å²) in [5.74, 6) is -0.304. The highest BCUT2D eigenvalue weighted by molar-refractivity contribution is 5.95. The van der Waals surface area contributed by atoms with Gasteiger partial charge in [0.25, 0.3) is 11.4 Å². The Hall–Kier alpha value is -4.67.